The number of hydrogen-bond acceptors (Lipinski definition) is 5. The van der Waals surface area contributed by atoms with E-state index < -0.39 is 0 Å². The predicted octanol–water partition coefficient (Wildman–Crippen LogP) is 3.08. The van der Waals surface area contributed by atoms with E-state index in [0.29, 0.717) is 35.7 Å². The fourth-order valence-electron chi connectivity index (χ4n) is 1.57. The molecule has 0 radical (unpaired) electrons. The van der Waals surface area contributed by atoms with Crippen molar-refractivity contribution in [1.82, 2.24) is 9.97 Å². The molecular formula is C14H16ClN3O2. The van der Waals surface area contributed by atoms with Crippen molar-refractivity contribution < 1.29 is 9.47 Å². The Morgan fingerprint density at radius 1 is 1.20 bits per heavy atom. The molecule has 20 heavy (non-hydrogen) atoms. The standard InChI is InChI=1S/C14H16ClN3O2/c1-2-6-19-13-12(16)14(18-9-17-13)20-8-10-4-3-5-11(15)7-10/h3-5,7,9H,2,6,8,16H2,1H3. The molecule has 0 atom stereocenters. The molecule has 0 aliphatic rings. The number of ether oxygens (including phenoxy) is 2. The number of rotatable bonds is 6. The maximum absolute atomic E-state index is 5.92. The van der Waals surface area contributed by atoms with Crippen molar-refractivity contribution in [2.75, 3.05) is 12.3 Å². The molecule has 1 aromatic heterocycles. The Bertz CT molecular complexity index is 578. The van der Waals surface area contributed by atoms with E-state index in [1.54, 1.807) is 6.07 Å². The first kappa shape index (κ1) is 14.4. The molecule has 2 aromatic rings. The Kier molecular flexibility index (Phi) is 5.01. The summed E-state index contributed by atoms with van der Waals surface area (Å²) in [5.74, 6) is 0.661. The van der Waals surface area contributed by atoms with E-state index in [0.717, 1.165) is 12.0 Å². The van der Waals surface area contributed by atoms with Crippen LogP contribution in [0.15, 0.2) is 30.6 Å². The number of nitrogens with two attached hydrogens (primary N) is 1. The molecule has 1 heterocycles. The van der Waals surface area contributed by atoms with Crippen LogP contribution in [0.4, 0.5) is 5.69 Å². The highest BCUT2D eigenvalue weighted by Gasteiger charge is 2.10. The second kappa shape index (κ2) is 6.96. The molecule has 2 rings (SSSR count). The molecule has 6 heteroatoms. The summed E-state index contributed by atoms with van der Waals surface area (Å²) in [5, 5.41) is 0.661. The Morgan fingerprint density at radius 2 is 1.95 bits per heavy atom. The van der Waals surface area contributed by atoms with E-state index in [9.17, 15) is 0 Å². The Balaban J connectivity index is 2.06. The van der Waals surface area contributed by atoms with Crippen LogP contribution in [0.2, 0.25) is 5.02 Å². The Labute approximate surface area is 122 Å². The third-order valence-corrected chi connectivity index (χ3v) is 2.75. The van der Waals surface area contributed by atoms with Crippen LogP contribution in [0, 0.1) is 0 Å². The summed E-state index contributed by atoms with van der Waals surface area (Å²) < 4.78 is 11.0. The number of anilines is 1. The van der Waals surface area contributed by atoms with Crippen molar-refractivity contribution in [3.05, 3.63) is 41.2 Å². The van der Waals surface area contributed by atoms with E-state index >= 15 is 0 Å². The van der Waals surface area contributed by atoms with Crippen LogP contribution < -0.4 is 15.2 Å². The topological polar surface area (TPSA) is 70.3 Å². The number of nitrogen functional groups attached to an aromatic ring is 1. The van der Waals surface area contributed by atoms with Gasteiger partial charge in [-0.15, -0.1) is 0 Å². The lowest BCUT2D eigenvalue weighted by Gasteiger charge is -2.11. The van der Waals surface area contributed by atoms with Gasteiger partial charge in [0.1, 0.15) is 12.9 Å². The van der Waals surface area contributed by atoms with Gasteiger partial charge in [-0.05, 0) is 24.1 Å². The molecule has 1 aromatic carbocycles. The van der Waals surface area contributed by atoms with Crippen molar-refractivity contribution in [1.29, 1.82) is 0 Å². The highest BCUT2D eigenvalue weighted by molar-refractivity contribution is 6.30. The number of aromatic nitrogens is 2. The number of hydrogen-bond donors (Lipinski definition) is 1. The first-order chi connectivity index (χ1) is 9.70. The average molecular weight is 294 g/mol. The van der Waals surface area contributed by atoms with Crippen LogP contribution in [-0.2, 0) is 6.61 Å². The average Bonchev–Trinajstić information content (AvgIpc) is 2.45. The van der Waals surface area contributed by atoms with Crippen LogP contribution in [0.25, 0.3) is 0 Å². The molecule has 106 valence electrons. The van der Waals surface area contributed by atoms with Gasteiger partial charge >= 0.3 is 0 Å². The van der Waals surface area contributed by atoms with Gasteiger partial charge in [0, 0.05) is 5.02 Å². The largest absolute Gasteiger partial charge is 0.476 e. The normalized spacial score (nSPS) is 10.3. The van der Waals surface area contributed by atoms with Gasteiger partial charge < -0.3 is 15.2 Å². The molecule has 0 saturated carbocycles. The monoisotopic (exact) mass is 293 g/mol. The molecule has 0 saturated heterocycles. The van der Waals surface area contributed by atoms with Gasteiger partial charge in [-0.3, -0.25) is 0 Å². The van der Waals surface area contributed by atoms with Crippen molar-refractivity contribution >= 4 is 17.3 Å². The molecule has 0 aliphatic heterocycles. The van der Waals surface area contributed by atoms with Crippen LogP contribution in [0.5, 0.6) is 11.8 Å². The van der Waals surface area contributed by atoms with E-state index in [1.807, 2.05) is 25.1 Å². The fourth-order valence-corrected chi connectivity index (χ4v) is 1.78. The van der Waals surface area contributed by atoms with Gasteiger partial charge in [0.05, 0.1) is 6.61 Å². The fraction of sp³-hybridized carbons (Fsp3) is 0.286. The molecule has 0 unspecified atom stereocenters. The van der Waals surface area contributed by atoms with Gasteiger partial charge in [-0.25, -0.2) is 0 Å². The van der Waals surface area contributed by atoms with E-state index in [4.69, 9.17) is 26.8 Å². The molecule has 0 bridgehead atoms. The quantitative estimate of drug-likeness (QED) is 0.886. The second-order valence-electron chi connectivity index (χ2n) is 4.16. The lowest BCUT2D eigenvalue weighted by Crippen LogP contribution is -2.06. The van der Waals surface area contributed by atoms with E-state index in [-0.39, 0.29) is 0 Å². The SMILES string of the molecule is CCCOc1ncnc(OCc2cccc(Cl)c2)c1N. The summed E-state index contributed by atoms with van der Waals surface area (Å²) in [6, 6.07) is 7.41. The highest BCUT2D eigenvalue weighted by atomic mass is 35.5. The summed E-state index contributed by atoms with van der Waals surface area (Å²) >= 11 is 5.91. The minimum Gasteiger partial charge on any atom is -0.476 e. The van der Waals surface area contributed by atoms with Crippen LogP contribution in [0.1, 0.15) is 18.9 Å². The van der Waals surface area contributed by atoms with Gasteiger partial charge in [0.2, 0.25) is 11.8 Å². The summed E-state index contributed by atoms with van der Waals surface area (Å²) in [4.78, 5) is 8.00. The molecular weight excluding hydrogens is 278 g/mol. The molecule has 0 aliphatic carbocycles. The second-order valence-corrected chi connectivity index (χ2v) is 4.60. The number of halogens is 1. The lowest BCUT2D eigenvalue weighted by atomic mass is 10.2. The van der Waals surface area contributed by atoms with Gasteiger partial charge in [-0.1, -0.05) is 30.7 Å². The smallest absolute Gasteiger partial charge is 0.244 e. The zero-order valence-electron chi connectivity index (χ0n) is 11.2. The minimum atomic E-state index is 0.308. The predicted molar refractivity (Wildman–Crippen MR) is 78.0 cm³/mol. The van der Waals surface area contributed by atoms with Crippen molar-refractivity contribution in [3.63, 3.8) is 0 Å². The summed E-state index contributed by atoms with van der Waals surface area (Å²) in [6.45, 7) is 2.89. The van der Waals surface area contributed by atoms with Crippen molar-refractivity contribution in [2.45, 2.75) is 20.0 Å². The Morgan fingerprint density at radius 3 is 2.65 bits per heavy atom. The van der Waals surface area contributed by atoms with Gasteiger partial charge in [0.25, 0.3) is 0 Å². The summed E-state index contributed by atoms with van der Waals surface area (Å²) in [5.41, 5.74) is 7.16. The van der Waals surface area contributed by atoms with Gasteiger partial charge in [-0.2, -0.15) is 9.97 Å². The third kappa shape index (κ3) is 3.74. The van der Waals surface area contributed by atoms with Gasteiger partial charge in [0.15, 0.2) is 5.69 Å². The number of benzene rings is 1. The maximum atomic E-state index is 5.92. The number of nitrogens with zero attached hydrogens (tertiary/aromatic N) is 2. The molecule has 2 N–H and O–H groups in total. The highest BCUT2D eigenvalue weighted by Crippen LogP contribution is 2.27. The molecule has 0 fully saturated rings. The van der Waals surface area contributed by atoms with Crippen LogP contribution in [-0.4, -0.2) is 16.6 Å². The molecule has 0 amide bonds. The zero-order valence-corrected chi connectivity index (χ0v) is 11.9. The van der Waals surface area contributed by atoms with Crippen molar-refractivity contribution in [3.8, 4) is 11.8 Å². The third-order valence-electron chi connectivity index (χ3n) is 2.52. The Hall–Kier alpha value is -2.01. The minimum absolute atomic E-state index is 0.308. The first-order valence-electron chi connectivity index (χ1n) is 6.31. The molecule has 0 spiro atoms. The zero-order chi connectivity index (χ0) is 14.4. The van der Waals surface area contributed by atoms with Crippen molar-refractivity contribution in [2.24, 2.45) is 0 Å². The summed E-state index contributed by atoms with van der Waals surface area (Å²) in [7, 11) is 0. The van der Waals surface area contributed by atoms with E-state index in [2.05, 4.69) is 9.97 Å². The van der Waals surface area contributed by atoms with Crippen LogP contribution >= 0.6 is 11.6 Å². The van der Waals surface area contributed by atoms with Crippen LogP contribution in [0.3, 0.4) is 0 Å². The maximum Gasteiger partial charge on any atom is 0.244 e. The lowest BCUT2D eigenvalue weighted by molar-refractivity contribution is 0.282. The first-order valence-corrected chi connectivity index (χ1v) is 6.69. The summed E-state index contributed by atoms with van der Waals surface area (Å²) in [6.07, 6.45) is 2.25. The molecule has 5 nitrogen and oxygen atoms in total. The van der Waals surface area contributed by atoms with E-state index in [1.165, 1.54) is 6.33 Å².